The summed E-state index contributed by atoms with van der Waals surface area (Å²) in [5.74, 6) is 0. The Labute approximate surface area is 85.7 Å². The quantitative estimate of drug-likeness (QED) is 0.660. The van der Waals surface area contributed by atoms with Gasteiger partial charge in [0.25, 0.3) is 0 Å². The van der Waals surface area contributed by atoms with Gasteiger partial charge in [-0.2, -0.15) is 5.10 Å². The van der Waals surface area contributed by atoms with Gasteiger partial charge in [-0.25, -0.2) is 0 Å². The Kier molecular flexibility index (Phi) is 4.62. The van der Waals surface area contributed by atoms with Gasteiger partial charge in [-0.3, -0.25) is 10.00 Å². The molecule has 1 heterocycles. The molecule has 80 valence electrons. The molecule has 0 saturated carbocycles. The van der Waals surface area contributed by atoms with Crippen molar-refractivity contribution in [2.45, 2.75) is 20.4 Å². The van der Waals surface area contributed by atoms with Gasteiger partial charge < -0.3 is 5.32 Å². The van der Waals surface area contributed by atoms with Crippen LogP contribution in [-0.2, 0) is 6.54 Å². The zero-order valence-electron chi connectivity index (χ0n) is 9.30. The zero-order chi connectivity index (χ0) is 10.4. The molecule has 0 aliphatic carbocycles. The lowest BCUT2D eigenvalue weighted by molar-refractivity contribution is 0.321. The minimum absolute atomic E-state index is 0.912. The Bertz CT molecular complexity index is 256. The maximum Gasteiger partial charge on any atom is 0.0764 e. The van der Waals surface area contributed by atoms with Crippen LogP contribution in [0.25, 0.3) is 0 Å². The molecule has 0 spiro atoms. The van der Waals surface area contributed by atoms with Crippen LogP contribution in [0, 0.1) is 6.92 Å². The average molecular weight is 196 g/mol. The number of aromatic amines is 1. The molecule has 1 aromatic rings. The molecule has 0 unspecified atom stereocenters. The van der Waals surface area contributed by atoms with E-state index in [9.17, 15) is 0 Å². The first-order valence-corrected chi connectivity index (χ1v) is 5.12. The molecule has 2 N–H and O–H groups in total. The number of hydrogen-bond acceptors (Lipinski definition) is 3. The summed E-state index contributed by atoms with van der Waals surface area (Å²) in [6.07, 6.45) is 0. The first kappa shape index (κ1) is 11.2. The van der Waals surface area contributed by atoms with Crippen molar-refractivity contribution in [2.24, 2.45) is 0 Å². The molecule has 14 heavy (non-hydrogen) atoms. The molecule has 0 amide bonds. The van der Waals surface area contributed by atoms with Crippen LogP contribution < -0.4 is 5.32 Å². The summed E-state index contributed by atoms with van der Waals surface area (Å²) in [5.41, 5.74) is 2.24. The molecule has 0 atom stereocenters. The molecule has 1 aromatic heterocycles. The standard InChI is InChI=1S/C10H20N4/c1-4-11-5-6-14(3)8-10-7-9(2)12-13-10/h7,11H,4-6,8H2,1-3H3,(H,12,13). The van der Waals surface area contributed by atoms with Gasteiger partial charge in [0.2, 0.25) is 0 Å². The van der Waals surface area contributed by atoms with Gasteiger partial charge in [0.15, 0.2) is 0 Å². The van der Waals surface area contributed by atoms with Gasteiger partial charge in [0, 0.05) is 25.3 Å². The second-order valence-corrected chi connectivity index (χ2v) is 3.63. The monoisotopic (exact) mass is 196 g/mol. The van der Waals surface area contributed by atoms with Crippen LogP contribution in [0.5, 0.6) is 0 Å². The van der Waals surface area contributed by atoms with E-state index in [0.717, 1.165) is 37.6 Å². The summed E-state index contributed by atoms with van der Waals surface area (Å²) in [7, 11) is 2.11. The van der Waals surface area contributed by atoms with E-state index < -0.39 is 0 Å². The highest BCUT2D eigenvalue weighted by atomic mass is 15.2. The highest BCUT2D eigenvalue weighted by Crippen LogP contribution is 2.00. The van der Waals surface area contributed by atoms with Gasteiger partial charge in [0.1, 0.15) is 0 Å². The normalized spacial score (nSPS) is 11.1. The summed E-state index contributed by atoms with van der Waals surface area (Å²) in [5, 5.41) is 10.4. The van der Waals surface area contributed by atoms with E-state index in [1.165, 1.54) is 0 Å². The number of nitrogens with one attached hydrogen (secondary N) is 2. The van der Waals surface area contributed by atoms with Gasteiger partial charge in [-0.05, 0) is 26.6 Å². The van der Waals surface area contributed by atoms with Crippen LogP contribution in [-0.4, -0.2) is 41.8 Å². The van der Waals surface area contributed by atoms with Gasteiger partial charge in [-0.1, -0.05) is 6.92 Å². The van der Waals surface area contributed by atoms with Crippen LogP contribution in [0.2, 0.25) is 0 Å². The molecule has 0 bridgehead atoms. The number of likely N-dealkylation sites (N-methyl/N-ethyl adjacent to an activating group) is 2. The summed E-state index contributed by atoms with van der Waals surface area (Å²) < 4.78 is 0. The average Bonchev–Trinajstić information content (AvgIpc) is 2.52. The van der Waals surface area contributed by atoms with Crippen LogP contribution in [0.4, 0.5) is 0 Å². The molecule has 4 heteroatoms. The van der Waals surface area contributed by atoms with Crippen LogP contribution in [0.1, 0.15) is 18.3 Å². The smallest absolute Gasteiger partial charge is 0.0764 e. The Morgan fingerprint density at radius 3 is 2.93 bits per heavy atom. The lowest BCUT2D eigenvalue weighted by Gasteiger charge is -2.14. The van der Waals surface area contributed by atoms with Crippen LogP contribution >= 0.6 is 0 Å². The minimum Gasteiger partial charge on any atom is -0.316 e. The highest BCUT2D eigenvalue weighted by Gasteiger charge is 2.02. The number of nitrogens with zero attached hydrogens (tertiary/aromatic N) is 2. The predicted molar refractivity (Wildman–Crippen MR) is 58.2 cm³/mol. The Hall–Kier alpha value is -0.870. The van der Waals surface area contributed by atoms with E-state index >= 15 is 0 Å². The van der Waals surface area contributed by atoms with Crippen molar-refractivity contribution in [1.82, 2.24) is 20.4 Å². The number of rotatable bonds is 6. The fraction of sp³-hybridized carbons (Fsp3) is 0.700. The predicted octanol–water partition coefficient (Wildman–Crippen LogP) is 0.759. The summed E-state index contributed by atoms with van der Waals surface area (Å²) >= 11 is 0. The minimum atomic E-state index is 0.912. The van der Waals surface area contributed by atoms with Crippen molar-refractivity contribution in [3.63, 3.8) is 0 Å². The summed E-state index contributed by atoms with van der Waals surface area (Å²) in [6, 6.07) is 2.09. The summed E-state index contributed by atoms with van der Waals surface area (Å²) in [4.78, 5) is 2.26. The molecule has 0 radical (unpaired) electrons. The maximum absolute atomic E-state index is 4.20. The largest absolute Gasteiger partial charge is 0.316 e. The molecule has 0 aliphatic rings. The number of aromatic nitrogens is 2. The second-order valence-electron chi connectivity index (χ2n) is 3.63. The lowest BCUT2D eigenvalue weighted by atomic mass is 10.3. The van der Waals surface area contributed by atoms with E-state index in [4.69, 9.17) is 0 Å². The zero-order valence-corrected chi connectivity index (χ0v) is 9.30. The van der Waals surface area contributed by atoms with E-state index in [1.807, 2.05) is 6.92 Å². The lowest BCUT2D eigenvalue weighted by Crippen LogP contribution is -2.28. The molecule has 0 aromatic carbocycles. The highest BCUT2D eigenvalue weighted by molar-refractivity contribution is 5.06. The Morgan fingerprint density at radius 2 is 2.36 bits per heavy atom. The van der Waals surface area contributed by atoms with Crippen LogP contribution in [0.15, 0.2) is 6.07 Å². The molecular weight excluding hydrogens is 176 g/mol. The molecule has 0 saturated heterocycles. The van der Waals surface area contributed by atoms with Crippen molar-refractivity contribution in [3.8, 4) is 0 Å². The number of hydrogen-bond donors (Lipinski definition) is 2. The summed E-state index contributed by atoms with van der Waals surface area (Å²) in [6.45, 7) is 8.19. The fourth-order valence-corrected chi connectivity index (χ4v) is 1.36. The number of aryl methyl sites for hydroxylation is 1. The Morgan fingerprint density at radius 1 is 1.57 bits per heavy atom. The third kappa shape index (κ3) is 3.89. The topological polar surface area (TPSA) is 44.0 Å². The molecule has 1 rings (SSSR count). The Balaban J connectivity index is 2.23. The van der Waals surface area contributed by atoms with Gasteiger partial charge in [0.05, 0.1) is 5.69 Å². The van der Waals surface area contributed by atoms with Crippen LogP contribution in [0.3, 0.4) is 0 Å². The van der Waals surface area contributed by atoms with E-state index in [-0.39, 0.29) is 0 Å². The SMILES string of the molecule is CCNCCN(C)Cc1cc(C)[nH]n1. The molecule has 4 nitrogen and oxygen atoms in total. The van der Waals surface area contributed by atoms with Crippen molar-refractivity contribution >= 4 is 0 Å². The second kappa shape index (κ2) is 5.78. The first-order chi connectivity index (χ1) is 6.72. The number of H-pyrrole nitrogens is 1. The van der Waals surface area contributed by atoms with E-state index in [2.05, 4.69) is 40.5 Å². The first-order valence-electron chi connectivity index (χ1n) is 5.12. The molecule has 0 aliphatic heterocycles. The molecular formula is C10H20N4. The fourth-order valence-electron chi connectivity index (χ4n) is 1.36. The van der Waals surface area contributed by atoms with Crippen molar-refractivity contribution < 1.29 is 0 Å². The molecule has 0 fully saturated rings. The third-order valence-electron chi connectivity index (χ3n) is 2.11. The maximum atomic E-state index is 4.20. The van der Waals surface area contributed by atoms with Crippen molar-refractivity contribution in [1.29, 1.82) is 0 Å². The van der Waals surface area contributed by atoms with Crippen molar-refractivity contribution in [2.75, 3.05) is 26.7 Å². The van der Waals surface area contributed by atoms with Crippen molar-refractivity contribution in [3.05, 3.63) is 17.5 Å². The van der Waals surface area contributed by atoms with Gasteiger partial charge >= 0.3 is 0 Å². The van der Waals surface area contributed by atoms with E-state index in [0.29, 0.717) is 0 Å². The van der Waals surface area contributed by atoms with E-state index in [1.54, 1.807) is 0 Å². The third-order valence-corrected chi connectivity index (χ3v) is 2.11. The van der Waals surface area contributed by atoms with Gasteiger partial charge in [-0.15, -0.1) is 0 Å².